The van der Waals surface area contributed by atoms with Gasteiger partial charge in [0, 0.05) is 0 Å². The summed E-state index contributed by atoms with van der Waals surface area (Å²) in [6.45, 7) is 6.65. The molecule has 1 aromatic rings. The Balaban J connectivity index is 2.48. The summed E-state index contributed by atoms with van der Waals surface area (Å²) in [7, 11) is 0. The van der Waals surface area contributed by atoms with Gasteiger partial charge in [0.15, 0.2) is 0 Å². The molecule has 0 aliphatic carbocycles. The van der Waals surface area contributed by atoms with Gasteiger partial charge in [-0.15, -0.1) is 0 Å². The first-order chi connectivity index (χ1) is 6.72. The van der Waals surface area contributed by atoms with E-state index in [1.54, 1.807) is 0 Å². The highest BCUT2D eigenvalue weighted by molar-refractivity contribution is 5.49. The molecule has 0 N–H and O–H groups in total. The molecule has 0 saturated heterocycles. The maximum absolute atomic E-state index is 2.29. The first kappa shape index (κ1) is 11.0. The van der Waals surface area contributed by atoms with E-state index in [1.165, 1.54) is 24.0 Å². The molecule has 0 aromatic heterocycles. The summed E-state index contributed by atoms with van der Waals surface area (Å²) in [4.78, 5) is 0. The molecule has 0 saturated carbocycles. The van der Waals surface area contributed by atoms with Crippen molar-refractivity contribution in [2.75, 3.05) is 0 Å². The van der Waals surface area contributed by atoms with E-state index >= 15 is 0 Å². The second-order valence-corrected chi connectivity index (χ2v) is 4.06. The number of benzene rings is 1. The van der Waals surface area contributed by atoms with E-state index in [9.17, 15) is 0 Å². The number of hydrogen-bond acceptors (Lipinski definition) is 0. The molecule has 0 heterocycles. The summed E-state index contributed by atoms with van der Waals surface area (Å²) < 4.78 is 0. The zero-order chi connectivity index (χ0) is 10.4. The molecular weight excluding hydrogens is 168 g/mol. The predicted molar refractivity (Wildman–Crippen MR) is 64.3 cm³/mol. The Morgan fingerprint density at radius 2 is 1.86 bits per heavy atom. The van der Waals surface area contributed by atoms with Gasteiger partial charge < -0.3 is 0 Å². The van der Waals surface area contributed by atoms with Gasteiger partial charge in [-0.25, -0.2) is 0 Å². The number of aryl methyl sites for hydroxylation is 1. The molecule has 0 heteroatoms. The molecule has 0 fully saturated rings. The summed E-state index contributed by atoms with van der Waals surface area (Å²) >= 11 is 0. The van der Waals surface area contributed by atoms with Crippen molar-refractivity contribution >= 4 is 6.08 Å². The van der Waals surface area contributed by atoms with Crippen LogP contribution in [0, 0.1) is 12.8 Å². The largest absolute Gasteiger partial charge is 0.0837 e. The van der Waals surface area contributed by atoms with Crippen LogP contribution < -0.4 is 0 Å². The maximum Gasteiger partial charge on any atom is -0.0260 e. The van der Waals surface area contributed by atoms with Gasteiger partial charge in [0.1, 0.15) is 0 Å². The lowest BCUT2D eigenvalue weighted by Gasteiger charge is -2.02. The van der Waals surface area contributed by atoms with Crippen LogP contribution >= 0.6 is 0 Å². The molecule has 0 aliphatic heterocycles. The summed E-state index contributed by atoms with van der Waals surface area (Å²) in [6.07, 6.45) is 6.94. The molecule has 0 aliphatic rings. The van der Waals surface area contributed by atoms with Gasteiger partial charge in [-0.05, 0) is 24.8 Å². The average molecular weight is 188 g/mol. The SMILES string of the molecule is CCC(C)C/C=C/c1ccc(C)cc1. The quantitative estimate of drug-likeness (QED) is 0.655. The Kier molecular flexibility index (Phi) is 4.45. The molecule has 1 aromatic carbocycles. The molecular formula is C14H20. The topological polar surface area (TPSA) is 0 Å². The standard InChI is InChI=1S/C14H20/c1-4-12(2)6-5-7-14-10-8-13(3)9-11-14/h5,7-12H,4,6H2,1-3H3/b7-5+. The van der Waals surface area contributed by atoms with Crippen molar-refractivity contribution in [3.05, 3.63) is 41.5 Å². The molecule has 1 atom stereocenters. The van der Waals surface area contributed by atoms with E-state index in [1.807, 2.05) is 0 Å². The van der Waals surface area contributed by atoms with Crippen LogP contribution in [0.3, 0.4) is 0 Å². The molecule has 0 radical (unpaired) electrons. The first-order valence-electron chi connectivity index (χ1n) is 5.45. The van der Waals surface area contributed by atoms with Crippen molar-refractivity contribution < 1.29 is 0 Å². The van der Waals surface area contributed by atoms with E-state index in [4.69, 9.17) is 0 Å². The normalized spacial score (nSPS) is 13.4. The first-order valence-corrected chi connectivity index (χ1v) is 5.45. The second kappa shape index (κ2) is 5.64. The van der Waals surface area contributed by atoms with E-state index in [2.05, 4.69) is 57.2 Å². The van der Waals surface area contributed by atoms with Crippen molar-refractivity contribution in [2.24, 2.45) is 5.92 Å². The van der Waals surface area contributed by atoms with Crippen LogP contribution in [0.25, 0.3) is 6.08 Å². The van der Waals surface area contributed by atoms with Gasteiger partial charge in [0.25, 0.3) is 0 Å². The van der Waals surface area contributed by atoms with E-state index in [0.717, 1.165) is 5.92 Å². The highest BCUT2D eigenvalue weighted by Crippen LogP contribution is 2.10. The molecule has 1 unspecified atom stereocenters. The fourth-order valence-corrected chi connectivity index (χ4v) is 1.28. The van der Waals surface area contributed by atoms with Crippen LogP contribution in [-0.4, -0.2) is 0 Å². The minimum atomic E-state index is 0.802. The molecule has 0 bridgehead atoms. The van der Waals surface area contributed by atoms with Crippen LogP contribution in [0.15, 0.2) is 30.3 Å². The third-order valence-electron chi connectivity index (χ3n) is 2.62. The summed E-state index contributed by atoms with van der Waals surface area (Å²) in [5.74, 6) is 0.802. The zero-order valence-electron chi connectivity index (χ0n) is 9.46. The third-order valence-corrected chi connectivity index (χ3v) is 2.62. The minimum absolute atomic E-state index is 0.802. The monoisotopic (exact) mass is 188 g/mol. The lowest BCUT2D eigenvalue weighted by Crippen LogP contribution is -1.87. The summed E-state index contributed by atoms with van der Waals surface area (Å²) in [6, 6.07) is 8.65. The Hall–Kier alpha value is -1.04. The number of hydrogen-bond donors (Lipinski definition) is 0. The Morgan fingerprint density at radius 1 is 1.21 bits per heavy atom. The summed E-state index contributed by atoms with van der Waals surface area (Å²) in [5.41, 5.74) is 2.63. The number of allylic oxidation sites excluding steroid dienone is 1. The van der Waals surface area contributed by atoms with Crippen LogP contribution in [0.2, 0.25) is 0 Å². The van der Waals surface area contributed by atoms with Crippen molar-refractivity contribution in [2.45, 2.75) is 33.6 Å². The fourth-order valence-electron chi connectivity index (χ4n) is 1.28. The van der Waals surface area contributed by atoms with Crippen LogP contribution in [0.5, 0.6) is 0 Å². The molecule has 0 nitrogen and oxygen atoms in total. The Bertz CT molecular complexity index is 279. The highest BCUT2D eigenvalue weighted by atomic mass is 14.0. The van der Waals surface area contributed by atoms with Crippen molar-refractivity contribution in [1.29, 1.82) is 0 Å². The molecule has 0 amide bonds. The van der Waals surface area contributed by atoms with E-state index in [0.29, 0.717) is 0 Å². The molecule has 76 valence electrons. The molecule has 1 rings (SSSR count). The average Bonchev–Trinajstić information content (AvgIpc) is 2.21. The van der Waals surface area contributed by atoms with Crippen molar-refractivity contribution in [3.63, 3.8) is 0 Å². The second-order valence-electron chi connectivity index (χ2n) is 4.06. The van der Waals surface area contributed by atoms with Gasteiger partial charge >= 0.3 is 0 Å². The summed E-state index contributed by atoms with van der Waals surface area (Å²) in [5, 5.41) is 0. The fraction of sp³-hybridized carbons (Fsp3) is 0.429. The number of rotatable bonds is 4. The lowest BCUT2D eigenvalue weighted by atomic mass is 10.0. The maximum atomic E-state index is 2.29. The van der Waals surface area contributed by atoms with Crippen LogP contribution in [-0.2, 0) is 0 Å². The van der Waals surface area contributed by atoms with E-state index in [-0.39, 0.29) is 0 Å². The minimum Gasteiger partial charge on any atom is -0.0837 e. The predicted octanol–water partition coefficient (Wildman–Crippen LogP) is 4.44. The van der Waals surface area contributed by atoms with Crippen molar-refractivity contribution in [1.82, 2.24) is 0 Å². The third kappa shape index (κ3) is 3.78. The zero-order valence-corrected chi connectivity index (χ0v) is 9.46. The van der Waals surface area contributed by atoms with E-state index < -0.39 is 0 Å². The van der Waals surface area contributed by atoms with Gasteiger partial charge in [-0.1, -0.05) is 62.2 Å². The Morgan fingerprint density at radius 3 is 2.43 bits per heavy atom. The van der Waals surface area contributed by atoms with Crippen LogP contribution in [0.4, 0.5) is 0 Å². The van der Waals surface area contributed by atoms with Gasteiger partial charge in [0.2, 0.25) is 0 Å². The lowest BCUT2D eigenvalue weighted by molar-refractivity contribution is 0.573. The highest BCUT2D eigenvalue weighted by Gasteiger charge is 1.93. The van der Waals surface area contributed by atoms with Gasteiger partial charge in [0.05, 0.1) is 0 Å². The molecule has 0 spiro atoms. The van der Waals surface area contributed by atoms with Crippen molar-refractivity contribution in [3.8, 4) is 0 Å². The molecule has 14 heavy (non-hydrogen) atoms. The Labute approximate surface area is 87.7 Å². The van der Waals surface area contributed by atoms with Crippen LogP contribution in [0.1, 0.15) is 37.8 Å². The smallest absolute Gasteiger partial charge is 0.0260 e. The van der Waals surface area contributed by atoms with Gasteiger partial charge in [-0.3, -0.25) is 0 Å². The van der Waals surface area contributed by atoms with Gasteiger partial charge in [-0.2, -0.15) is 0 Å².